The Hall–Kier alpha value is -5.06. The van der Waals surface area contributed by atoms with Crippen LogP contribution in [0.1, 0.15) is 52.7 Å². The third-order valence-electron chi connectivity index (χ3n) is 11.1. The third kappa shape index (κ3) is 4.15. The zero-order valence-electron chi connectivity index (χ0n) is 29.5. The fourth-order valence-corrected chi connectivity index (χ4v) is 9.92. The molecule has 2 aliphatic heterocycles. The van der Waals surface area contributed by atoms with Crippen LogP contribution >= 0.6 is 11.3 Å². The van der Waals surface area contributed by atoms with Crippen molar-refractivity contribution in [2.24, 2.45) is 0 Å². The molecule has 0 N–H and O–H groups in total. The number of fused-ring (bicyclic) bond motifs is 10. The van der Waals surface area contributed by atoms with Crippen LogP contribution in [-0.4, -0.2) is 11.3 Å². The normalized spacial score (nSPS) is 13.7. The lowest BCUT2D eigenvalue weighted by Gasteiger charge is -2.36. The Morgan fingerprint density at radius 1 is 0.540 bits per heavy atom. The van der Waals surface area contributed by atoms with Gasteiger partial charge in [0.25, 0.3) is 6.71 Å². The monoisotopic (exact) mass is 662 g/mol. The van der Waals surface area contributed by atoms with Gasteiger partial charge in [-0.05, 0) is 115 Å². The fourth-order valence-electron chi connectivity index (χ4n) is 8.57. The molecule has 10 rings (SSSR count). The van der Waals surface area contributed by atoms with Gasteiger partial charge in [-0.3, -0.25) is 0 Å². The second-order valence-electron chi connectivity index (χ2n) is 16.2. The van der Waals surface area contributed by atoms with Gasteiger partial charge in [-0.15, -0.1) is 11.3 Å². The third-order valence-corrected chi connectivity index (χ3v) is 12.3. The average Bonchev–Trinajstić information content (AvgIpc) is 3.75. The molecule has 2 aromatic heterocycles. The second kappa shape index (κ2) is 10.2. The Kier molecular flexibility index (Phi) is 6.11. The molecule has 4 heterocycles. The van der Waals surface area contributed by atoms with Gasteiger partial charge >= 0.3 is 0 Å². The molecule has 0 aliphatic carbocycles. The van der Waals surface area contributed by atoms with Crippen LogP contribution in [0.25, 0.3) is 48.7 Å². The number of aromatic nitrogens is 1. The Bertz CT molecular complexity index is 2610. The maximum absolute atomic E-state index is 2.51. The molecule has 0 amide bonds. The summed E-state index contributed by atoms with van der Waals surface area (Å²) < 4.78 is 5.33. The fraction of sp³-hybridized carbons (Fsp3) is 0.174. The van der Waals surface area contributed by atoms with E-state index >= 15 is 0 Å². The lowest BCUT2D eigenvalue weighted by Crippen LogP contribution is -2.54. The van der Waals surface area contributed by atoms with Gasteiger partial charge in [0.1, 0.15) is 0 Å². The average molecular weight is 663 g/mol. The number of hydrogen-bond acceptors (Lipinski definition) is 2. The van der Waals surface area contributed by atoms with Gasteiger partial charge in [0.15, 0.2) is 0 Å². The maximum Gasteiger partial charge on any atom is 0.260 e. The van der Waals surface area contributed by atoms with E-state index in [1.807, 2.05) is 11.3 Å². The molecule has 0 atom stereocenters. The van der Waals surface area contributed by atoms with E-state index in [2.05, 4.69) is 178 Å². The summed E-state index contributed by atoms with van der Waals surface area (Å²) in [6, 6.07) is 48.3. The van der Waals surface area contributed by atoms with E-state index in [0.29, 0.717) is 0 Å². The molecule has 0 bridgehead atoms. The first-order chi connectivity index (χ1) is 24.1. The molecule has 8 aromatic rings. The summed E-state index contributed by atoms with van der Waals surface area (Å²) >= 11 is 1.97. The number of thiophene rings is 1. The highest BCUT2D eigenvalue weighted by molar-refractivity contribution is 7.34. The van der Waals surface area contributed by atoms with Crippen LogP contribution in [0.2, 0.25) is 0 Å². The Balaban J connectivity index is 1.26. The number of nitrogens with zero attached hydrogens (tertiary/aromatic N) is 2. The number of hydrogen-bond donors (Lipinski definition) is 0. The Morgan fingerprint density at radius 2 is 1.20 bits per heavy atom. The van der Waals surface area contributed by atoms with Gasteiger partial charge in [-0.1, -0.05) is 108 Å². The van der Waals surface area contributed by atoms with Crippen LogP contribution in [0.15, 0.2) is 127 Å². The minimum Gasteiger partial charge on any atom is -0.311 e. The lowest BCUT2D eigenvalue weighted by molar-refractivity contribution is 0.590. The van der Waals surface area contributed by atoms with Crippen molar-refractivity contribution in [3.63, 3.8) is 0 Å². The van der Waals surface area contributed by atoms with E-state index in [1.165, 1.54) is 92.6 Å². The minimum absolute atomic E-state index is 0.0607. The first kappa shape index (κ1) is 29.8. The molecular weight excluding hydrogens is 623 g/mol. The highest BCUT2D eigenvalue weighted by atomic mass is 32.1. The molecule has 6 aromatic carbocycles. The van der Waals surface area contributed by atoms with Crippen molar-refractivity contribution < 1.29 is 0 Å². The summed E-state index contributed by atoms with van der Waals surface area (Å²) in [5.41, 5.74) is 15.8. The van der Waals surface area contributed by atoms with Crippen molar-refractivity contribution in [3.05, 3.63) is 139 Å². The molecule has 0 saturated carbocycles. The summed E-state index contributed by atoms with van der Waals surface area (Å²) in [6.07, 6.45) is 0. The highest BCUT2D eigenvalue weighted by Gasteiger charge is 2.44. The van der Waals surface area contributed by atoms with Gasteiger partial charge in [-0.25, -0.2) is 0 Å². The number of anilines is 3. The maximum atomic E-state index is 2.51. The van der Waals surface area contributed by atoms with E-state index in [4.69, 9.17) is 0 Å². The number of para-hydroxylation sites is 1. The van der Waals surface area contributed by atoms with Crippen LogP contribution < -0.4 is 20.6 Å². The molecule has 4 heteroatoms. The topological polar surface area (TPSA) is 8.17 Å². The molecule has 0 saturated heterocycles. The lowest BCUT2D eigenvalue weighted by atomic mass is 9.39. The van der Waals surface area contributed by atoms with Crippen LogP contribution in [0.5, 0.6) is 0 Å². The molecule has 2 aliphatic rings. The smallest absolute Gasteiger partial charge is 0.260 e. The van der Waals surface area contributed by atoms with Crippen LogP contribution in [0, 0.1) is 0 Å². The van der Waals surface area contributed by atoms with E-state index in [0.717, 1.165) is 0 Å². The van der Waals surface area contributed by atoms with E-state index in [9.17, 15) is 0 Å². The van der Waals surface area contributed by atoms with Crippen molar-refractivity contribution in [1.29, 1.82) is 0 Å². The molecule has 242 valence electrons. The summed E-state index contributed by atoms with van der Waals surface area (Å²) in [5, 5.41) is 4.00. The van der Waals surface area contributed by atoms with Crippen LogP contribution in [0.3, 0.4) is 0 Å². The molecule has 50 heavy (non-hydrogen) atoms. The number of rotatable bonds is 2. The Morgan fingerprint density at radius 3 is 1.88 bits per heavy atom. The SMILES string of the molecule is CC(C)(C)c1ccc2c(c1)c1cc(C(C)(C)C)ccc1n2-c1ccc2c(c1)N(c1ccccc1)c1cccc3c1B2c1sc2ccccc2c1-3. The predicted octanol–water partition coefficient (Wildman–Crippen LogP) is 10.9. The van der Waals surface area contributed by atoms with Gasteiger partial charge in [0.05, 0.1) is 11.0 Å². The zero-order chi connectivity index (χ0) is 34.1. The van der Waals surface area contributed by atoms with E-state index < -0.39 is 0 Å². The number of benzene rings is 6. The molecule has 2 nitrogen and oxygen atoms in total. The van der Waals surface area contributed by atoms with Gasteiger partial charge in [0.2, 0.25) is 0 Å². The largest absolute Gasteiger partial charge is 0.311 e. The minimum atomic E-state index is 0.0607. The quantitative estimate of drug-likeness (QED) is 0.167. The second-order valence-corrected chi connectivity index (χ2v) is 17.3. The van der Waals surface area contributed by atoms with Gasteiger partial charge < -0.3 is 9.47 Å². The summed E-state index contributed by atoms with van der Waals surface area (Å²) in [7, 11) is 0. The van der Waals surface area contributed by atoms with Crippen molar-refractivity contribution in [2.75, 3.05) is 4.90 Å². The van der Waals surface area contributed by atoms with Crippen molar-refractivity contribution in [3.8, 4) is 16.8 Å². The zero-order valence-corrected chi connectivity index (χ0v) is 30.3. The summed E-state index contributed by atoms with van der Waals surface area (Å²) in [5.74, 6) is 0. The molecule has 0 spiro atoms. The first-order valence-electron chi connectivity index (χ1n) is 17.8. The summed E-state index contributed by atoms with van der Waals surface area (Å²) in [6.45, 7) is 14.1. The van der Waals surface area contributed by atoms with Crippen molar-refractivity contribution in [2.45, 2.75) is 52.4 Å². The van der Waals surface area contributed by atoms with Crippen LogP contribution in [-0.2, 0) is 10.8 Å². The van der Waals surface area contributed by atoms with E-state index in [1.54, 1.807) is 0 Å². The molecule has 0 fully saturated rings. The highest BCUT2D eigenvalue weighted by Crippen LogP contribution is 2.45. The standard InChI is InChI=1S/C46H39BN2S/c1-45(2,3)28-19-23-37-34(25-28)35-26-29(46(4,5)6)20-24-38(35)49(37)31-21-22-36-40(27-31)48(30-13-8-7-9-14-30)39-17-12-16-33-42-32-15-10-11-18-41(32)50-44(42)47(36)43(33)39/h7-27H,1-6H3. The predicted molar refractivity (Wildman–Crippen MR) is 218 cm³/mol. The summed E-state index contributed by atoms with van der Waals surface area (Å²) in [4.78, 5) is 2.51. The first-order valence-corrected chi connectivity index (χ1v) is 18.6. The molecular formula is C46H39BN2S. The van der Waals surface area contributed by atoms with Crippen LogP contribution in [0.4, 0.5) is 17.1 Å². The molecule has 0 radical (unpaired) electrons. The van der Waals surface area contributed by atoms with E-state index in [-0.39, 0.29) is 17.5 Å². The van der Waals surface area contributed by atoms with Crippen molar-refractivity contribution in [1.82, 2.24) is 4.57 Å². The van der Waals surface area contributed by atoms with Crippen molar-refractivity contribution >= 4 is 82.7 Å². The molecule has 0 unspecified atom stereocenters. The van der Waals surface area contributed by atoms with Gasteiger partial charge in [0, 0.05) is 38.2 Å². The Labute approximate surface area is 298 Å². The van der Waals surface area contributed by atoms with Gasteiger partial charge in [-0.2, -0.15) is 0 Å².